The summed E-state index contributed by atoms with van der Waals surface area (Å²) in [5.41, 5.74) is 1.75. The summed E-state index contributed by atoms with van der Waals surface area (Å²) in [4.78, 5) is 8.93. The Balaban J connectivity index is 1.70. The monoisotopic (exact) mass is 421 g/mol. The molecule has 30 heavy (non-hydrogen) atoms. The van der Waals surface area contributed by atoms with Gasteiger partial charge in [-0.25, -0.2) is 18.1 Å². The Labute approximate surface area is 176 Å². The van der Waals surface area contributed by atoms with Crippen molar-refractivity contribution < 1.29 is 13.2 Å². The van der Waals surface area contributed by atoms with Crippen molar-refractivity contribution in [3.8, 4) is 11.6 Å². The van der Waals surface area contributed by atoms with E-state index >= 15 is 0 Å². The molecule has 1 heterocycles. The van der Waals surface area contributed by atoms with E-state index in [4.69, 9.17) is 4.74 Å². The maximum absolute atomic E-state index is 12.8. The van der Waals surface area contributed by atoms with E-state index < -0.39 is 10.0 Å². The average molecular weight is 422 g/mol. The highest BCUT2D eigenvalue weighted by molar-refractivity contribution is 7.92. The number of nitrogens with one attached hydrogen (secondary N) is 1. The van der Waals surface area contributed by atoms with E-state index in [-0.39, 0.29) is 16.7 Å². The van der Waals surface area contributed by atoms with Crippen molar-refractivity contribution in [2.75, 3.05) is 4.72 Å². The molecule has 1 unspecified atom stereocenters. The van der Waals surface area contributed by atoms with Crippen LogP contribution in [0, 0.1) is 5.92 Å². The Morgan fingerprint density at radius 3 is 2.37 bits per heavy atom. The van der Waals surface area contributed by atoms with Gasteiger partial charge in [-0.3, -0.25) is 0 Å². The van der Waals surface area contributed by atoms with Gasteiger partial charge in [0.1, 0.15) is 5.75 Å². The van der Waals surface area contributed by atoms with Crippen LogP contribution in [0.5, 0.6) is 11.6 Å². The smallest absolute Gasteiger partial charge is 0.264 e. The van der Waals surface area contributed by atoms with Crippen LogP contribution < -0.4 is 9.46 Å². The van der Waals surface area contributed by atoms with Crippen molar-refractivity contribution in [1.82, 2.24) is 9.97 Å². The number of allylic oxidation sites excluding steroid dienone is 2. The molecular weight excluding hydrogens is 398 g/mol. The molecule has 0 saturated heterocycles. The molecule has 0 bridgehead atoms. The van der Waals surface area contributed by atoms with E-state index in [9.17, 15) is 8.42 Å². The second-order valence-corrected chi connectivity index (χ2v) is 9.04. The molecule has 0 radical (unpaired) electrons. The summed E-state index contributed by atoms with van der Waals surface area (Å²) in [7, 11) is -3.81. The minimum absolute atomic E-state index is 0.0122. The number of rotatable bonds is 6. The van der Waals surface area contributed by atoms with E-state index in [1.807, 2.05) is 30.3 Å². The predicted octanol–water partition coefficient (Wildman–Crippen LogP) is 5.27. The highest BCUT2D eigenvalue weighted by Gasteiger charge is 2.19. The first-order valence-electron chi connectivity index (χ1n) is 9.89. The number of hydrogen-bond acceptors (Lipinski definition) is 5. The van der Waals surface area contributed by atoms with Gasteiger partial charge in [-0.05, 0) is 55.0 Å². The largest absolute Gasteiger partial charge is 0.439 e. The zero-order valence-electron chi connectivity index (χ0n) is 16.7. The fourth-order valence-electron chi connectivity index (χ4n) is 3.27. The van der Waals surface area contributed by atoms with Gasteiger partial charge in [0, 0.05) is 6.07 Å². The third kappa shape index (κ3) is 4.86. The van der Waals surface area contributed by atoms with Crippen LogP contribution in [0.3, 0.4) is 0 Å². The van der Waals surface area contributed by atoms with Gasteiger partial charge in [0.15, 0.2) is 0 Å². The number of ether oxygens (including phenoxy) is 1. The van der Waals surface area contributed by atoms with Gasteiger partial charge in [0.25, 0.3) is 10.0 Å². The zero-order chi connectivity index (χ0) is 21.0. The summed E-state index contributed by atoms with van der Waals surface area (Å²) in [6, 6.07) is 19.2. The normalized spacial score (nSPS) is 16.6. The van der Waals surface area contributed by atoms with Gasteiger partial charge < -0.3 is 4.74 Å². The fraction of sp³-hybridized carbons (Fsp3) is 0.217. The van der Waals surface area contributed by atoms with Crippen molar-refractivity contribution in [2.45, 2.75) is 31.1 Å². The summed E-state index contributed by atoms with van der Waals surface area (Å²) in [5.74, 6) is 1.52. The van der Waals surface area contributed by atoms with Crippen molar-refractivity contribution in [3.63, 3.8) is 0 Å². The lowest BCUT2D eigenvalue weighted by molar-refractivity contribution is 0.462. The van der Waals surface area contributed by atoms with Crippen molar-refractivity contribution in [1.29, 1.82) is 0 Å². The van der Waals surface area contributed by atoms with Crippen LogP contribution in [0.15, 0.2) is 77.7 Å². The van der Waals surface area contributed by atoms with E-state index in [0.29, 0.717) is 17.4 Å². The van der Waals surface area contributed by atoms with Gasteiger partial charge in [0.2, 0.25) is 11.8 Å². The number of benzene rings is 2. The number of para-hydroxylation sites is 1. The molecule has 2 aromatic carbocycles. The van der Waals surface area contributed by atoms with Crippen LogP contribution in [0.25, 0.3) is 5.57 Å². The Bertz CT molecular complexity index is 1150. The summed E-state index contributed by atoms with van der Waals surface area (Å²) >= 11 is 0. The molecule has 1 N–H and O–H groups in total. The molecule has 154 valence electrons. The molecule has 6 nitrogen and oxygen atoms in total. The molecule has 3 aromatic rings. The standard InChI is InChI=1S/C23H23N3O3S/c1-17-12-14-18(15-13-17)21-16-22(29-19-8-4-2-5-9-19)25-23(24-21)26-30(27,28)20-10-6-3-7-11-20/h2-11,14,16-17H,12-13,15H2,1H3,(H,24,25,26). The Hall–Kier alpha value is -3.19. The van der Waals surface area contributed by atoms with Crippen LogP contribution in [-0.2, 0) is 10.0 Å². The maximum atomic E-state index is 12.8. The van der Waals surface area contributed by atoms with Crippen LogP contribution in [0.1, 0.15) is 31.9 Å². The predicted molar refractivity (Wildman–Crippen MR) is 117 cm³/mol. The summed E-state index contributed by atoms with van der Waals surface area (Å²) in [5, 5.41) is 0. The zero-order valence-corrected chi connectivity index (χ0v) is 17.5. The fourth-order valence-corrected chi connectivity index (χ4v) is 4.24. The lowest BCUT2D eigenvalue weighted by atomic mass is 9.89. The van der Waals surface area contributed by atoms with Crippen LogP contribution in [-0.4, -0.2) is 18.4 Å². The first-order chi connectivity index (χ1) is 14.5. The Morgan fingerprint density at radius 1 is 1.00 bits per heavy atom. The molecule has 0 amide bonds. The Kier molecular flexibility index (Phi) is 5.81. The van der Waals surface area contributed by atoms with Crippen LogP contribution in [0.2, 0.25) is 0 Å². The molecule has 1 aliphatic carbocycles. The summed E-state index contributed by atoms with van der Waals surface area (Å²) < 4.78 is 33.9. The van der Waals surface area contributed by atoms with Gasteiger partial charge in [-0.1, -0.05) is 49.4 Å². The third-order valence-corrected chi connectivity index (χ3v) is 6.29. The Morgan fingerprint density at radius 2 is 1.70 bits per heavy atom. The highest BCUT2D eigenvalue weighted by atomic mass is 32.2. The lowest BCUT2D eigenvalue weighted by Crippen LogP contribution is -2.16. The topological polar surface area (TPSA) is 81.2 Å². The van der Waals surface area contributed by atoms with Gasteiger partial charge >= 0.3 is 0 Å². The molecule has 0 aliphatic heterocycles. The van der Waals surface area contributed by atoms with E-state index in [0.717, 1.165) is 24.8 Å². The SMILES string of the molecule is CC1CC=C(c2cc(Oc3ccccc3)nc(NS(=O)(=O)c3ccccc3)n2)CC1. The second kappa shape index (κ2) is 8.67. The van der Waals surface area contributed by atoms with E-state index in [1.54, 1.807) is 24.3 Å². The molecule has 1 aliphatic rings. The third-order valence-electron chi connectivity index (χ3n) is 4.95. The first kappa shape index (κ1) is 20.1. The first-order valence-corrected chi connectivity index (χ1v) is 11.4. The molecule has 7 heteroatoms. The van der Waals surface area contributed by atoms with Crippen LogP contribution in [0.4, 0.5) is 5.95 Å². The molecular formula is C23H23N3O3S. The second-order valence-electron chi connectivity index (χ2n) is 7.36. The summed E-state index contributed by atoms with van der Waals surface area (Å²) in [6.45, 7) is 2.22. The molecule has 0 spiro atoms. The van der Waals surface area contributed by atoms with Gasteiger partial charge in [0.05, 0.1) is 10.6 Å². The van der Waals surface area contributed by atoms with Gasteiger partial charge in [-0.15, -0.1) is 0 Å². The lowest BCUT2D eigenvalue weighted by Gasteiger charge is -2.19. The minimum Gasteiger partial charge on any atom is -0.439 e. The maximum Gasteiger partial charge on any atom is 0.264 e. The van der Waals surface area contributed by atoms with Crippen molar-refractivity contribution in [3.05, 3.63) is 78.5 Å². The molecule has 4 rings (SSSR count). The number of sulfonamides is 1. The molecule has 1 aromatic heterocycles. The quantitative estimate of drug-likeness (QED) is 0.586. The molecule has 0 saturated carbocycles. The number of nitrogens with zero attached hydrogens (tertiary/aromatic N) is 2. The van der Waals surface area contributed by atoms with Crippen molar-refractivity contribution in [2.24, 2.45) is 5.92 Å². The molecule has 1 atom stereocenters. The molecule has 0 fully saturated rings. The number of aromatic nitrogens is 2. The highest BCUT2D eigenvalue weighted by Crippen LogP contribution is 2.32. The minimum atomic E-state index is -3.81. The van der Waals surface area contributed by atoms with Crippen molar-refractivity contribution >= 4 is 21.5 Å². The average Bonchev–Trinajstić information content (AvgIpc) is 2.75. The van der Waals surface area contributed by atoms with E-state index in [1.165, 1.54) is 12.1 Å². The van der Waals surface area contributed by atoms with E-state index in [2.05, 4.69) is 27.7 Å². The van der Waals surface area contributed by atoms with Crippen LogP contribution >= 0.6 is 0 Å². The summed E-state index contributed by atoms with van der Waals surface area (Å²) in [6.07, 6.45) is 5.08. The number of hydrogen-bond donors (Lipinski definition) is 1. The number of anilines is 1. The van der Waals surface area contributed by atoms with Gasteiger partial charge in [-0.2, -0.15) is 4.98 Å².